The van der Waals surface area contributed by atoms with E-state index < -0.39 is 0 Å². The fourth-order valence-electron chi connectivity index (χ4n) is 2.00. The molecule has 0 aromatic rings. The Morgan fingerprint density at radius 2 is 2.06 bits per heavy atom. The first-order valence-electron chi connectivity index (χ1n) is 6.10. The van der Waals surface area contributed by atoms with E-state index in [1.807, 2.05) is 11.8 Å². The Morgan fingerprint density at radius 3 is 2.47 bits per heavy atom. The van der Waals surface area contributed by atoms with E-state index in [1.165, 1.54) is 0 Å². The quantitative estimate of drug-likeness (QED) is 0.664. The van der Waals surface area contributed by atoms with Crippen molar-refractivity contribution in [3.05, 3.63) is 0 Å². The first-order valence-corrected chi connectivity index (χ1v) is 6.10. The third kappa shape index (κ3) is 3.40. The summed E-state index contributed by atoms with van der Waals surface area (Å²) in [7, 11) is 3.28. The first kappa shape index (κ1) is 14.4. The van der Waals surface area contributed by atoms with Gasteiger partial charge in [0.2, 0.25) is 5.91 Å². The van der Waals surface area contributed by atoms with Crippen LogP contribution in [0.25, 0.3) is 0 Å². The molecular formula is C12H24N2O3. The second-order valence-corrected chi connectivity index (χ2v) is 4.78. The molecule has 1 rings (SSSR count). The summed E-state index contributed by atoms with van der Waals surface area (Å²) in [5.74, 6) is 0.154. The fraction of sp³-hybridized carbons (Fsp3) is 0.917. The van der Waals surface area contributed by atoms with Crippen molar-refractivity contribution in [2.45, 2.75) is 25.8 Å². The standard InChI is InChI=1S/C12H24N2O3/c1-10(8-17-3)14(6-7-16-2)11(15)12(9-13)4-5-12/h10H,4-9,13H2,1-3H3. The van der Waals surface area contributed by atoms with Gasteiger partial charge in [0.1, 0.15) is 0 Å². The van der Waals surface area contributed by atoms with Gasteiger partial charge in [-0.3, -0.25) is 4.79 Å². The van der Waals surface area contributed by atoms with Crippen molar-refractivity contribution in [3.8, 4) is 0 Å². The molecular weight excluding hydrogens is 220 g/mol. The van der Waals surface area contributed by atoms with Crippen LogP contribution in [0.5, 0.6) is 0 Å². The zero-order valence-electron chi connectivity index (χ0n) is 11.1. The Morgan fingerprint density at radius 1 is 1.41 bits per heavy atom. The third-order valence-corrected chi connectivity index (χ3v) is 3.44. The number of amides is 1. The predicted molar refractivity (Wildman–Crippen MR) is 65.6 cm³/mol. The lowest BCUT2D eigenvalue weighted by Gasteiger charge is -2.31. The monoisotopic (exact) mass is 244 g/mol. The van der Waals surface area contributed by atoms with Gasteiger partial charge in [-0.2, -0.15) is 0 Å². The van der Waals surface area contributed by atoms with Crippen molar-refractivity contribution in [1.82, 2.24) is 4.90 Å². The Labute approximate surface area is 103 Å². The SMILES string of the molecule is COCCN(C(=O)C1(CN)CC1)C(C)COC. The number of rotatable bonds is 8. The normalized spacial score (nSPS) is 18.8. The lowest BCUT2D eigenvalue weighted by molar-refractivity contribution is -0.140. The van der Waals surface area contributed by atoms with Crippen molar-refractivity contribution in [3.63, 3.8) is 0 Å². The van der Waals surface area contributed by atoms with Gasteiger partial charge >= 0.3 is 0 Å². The summed E-state index contributed by atoms with van der Waals surface area (Å²) in [6.07, 6.45) is 1.82. The van der Waals surface area contributed by atoms with Gasteiger partial charge in [0.15, 0.2) is 0 Å². The second-order valence-electron chi connectivity index (χ2n) is 4.78. The van der Waals surface area contributed by atoms with E-state index in [-0.39, 0.29) is 17.4 Å². The predicted octanol–water partition coefficient (Wildman–Crippen LogP) is 0.235. The van der Waals surface area contributed by atoms with Gasteiger partial charge in [-0.25, -0.2) is 0 Å². The Balaban J connectivity index is 2.64. The van der Waals surface area contributed by atoms with Crippen LogP contribution in [0.1, 0.15) is 19.8 Å². The molecule has 0 bridgehead atoms. The molecule has 0 aromatic heterocycles. The summed E-state index contributed by atoms with van der Waals surface area (Å²) in [6.45, 7) is 4.11. The van der Waals surface area contributed by atoms with E-state index in [0.29, 0.717) is 26.3 Å². The summed E-state index contributed by atoms with van der Waals surface area (Å²) in [6, 6.07) is 0.0617. The van der Waals surface area contributed by atoms with E-state index in [2.05, 4.69) is 0 Å². The number of nitrogens with zero attached hydrogens (tertiary/aromatic N) is 1. The van der Waals surface area contributed by atoms with E-state index in [4.69, 9.17) is 15.2 Å². The van der Waals surface area contributed by atoms with Crippen molar-refractivity contribution >= 4 is 5.91 Å². The zero-order chi connectivity index (χ0) is 12.9. The highest BCUT2D eigenvalue weighted by Gasteiger charge is 2.51. The third-order valence-electron chi connectivity index (χ3n) is 3.44. The number of nitrogens with two attached hydrogens (primary N) is 1. The molecule has 17 heavy (non-hydrogen) atoms. The van der Waals surface area contributed by atoms with Crippen LogP contribution in [-0.4, -0.2) is 57.4 Å². The number of carbonyl (C=O) groups is 1. The summed E-state index contributed by atoms with van der Waals surface area (Å²) < 4.78 is 10.2. The van der Waals surface area contributed by atoms with Crippen LogP contribution in [0.2, 0.25) is 0 Å². The molecule has 0 spiro atoms. The molecule has 0 radical (unpaired) electrons. The maximum Gasteiger partial charge on any atom is 0.230 e. The van der Waals surface area contributed by atoms with Gasteiger partial charge in [-0.05, 0) is 19.8 Å². The fourth-order valence-corrected chi connectivity index (χ4v) is 2.00. The van der Waals surface area contributed by atoms with Gasteiger partial charge in [-0.1, -0.05) is 0 Å². The summed E-state index contributed by atoms with van der Waals surface area (Å²) in [5.41, 5.74) is 5.40. The van der Waals surface area contributed by atoms with Crippen LogP contribution in [0.3, 0.4) is 0 Å². The molecule has 1 aliphatic carbocycles. The molecule has 1 saturated carbocycles. The van der Waals surface area contributed by atoms with Gasteiger partial charge in [0, 0.05) is 27.3 Å². The van der Waals surface area contributed by atoms with Crippen LogP contribution in [-0.2, 0) is 14.3 Å². The minimum Gasteiger partial charge on any atom is -0.383 e. The minimum atomic E-state index is -0.296. The average molecular weight is 244 g/mol. The van der Waals surface area contributed by atoms with Crippen LogP contribution >= 0.6 is 0 Å². The molecule has 0 heterocycles. The van der Waals surface area contributed by atoms with Crippen molar-refractivity contribution in [1.29, 1.82) is 0 Å². The van der Waals surface area contributed by atoms with Crippen molar-refractivity contribution < 1.29 is 14.3 Å². The number of hydrogen-bond acceptors (Lipinski definition) is 4. The number of methoxy groups -OCH3 is 2. The molecule has 1 fully saturated rings. The summed E-state index contributed by atoms with van der Waals surface area (Å²) in [4.78, 5) is 14.3. The first-order chi connectivity index (χ1) is 8.11. The highest BCUT2D eigenvalue weighted by Crippen LogP contribution is 2.46. The smallest absolute Gasteiger partial charge is 0.230 e. The van der Waals surface area contributed by atoms with E-state index in [0.717, 1.165) is 12.8 Å². The lowest BCUT2D eigenvalue weighted by Crippen LogP contribution is -2.48. The molecule has 5 nitrogen and oxygen atoms in total. The lowest BCUT2D eigenvalue weighted by atomic mass is 10.0. The van der Waals surface area contributed by atoms with E-state index in [9.17, 15) is 4.79 Å². The Hall–Kier alpha value is -0.650. The second kappa shape index (κ2) is 6.33. The average Bonchev–Trinajstić information content (AvgIpc) is 3.10. The van der Waals surface area contributed by atoms with Crippen molar-refractivity contribution in [2.75, 3.05) is 40.5 Å². The largest absolute Gasteiger partial charge is 0.383 e. The molecule has 0 aromatic carbocycles. The maximum absolute atomic E-state index is 12.4. The summed E-state index contributed by atoms with van der Waals surface area (Å²) >= 11 is 0. The maximum atomic E-state index is 12.4. The van der Waals surface area contributed by atoms with Gasteiger partial charge in [-0.15, -0.1) is 0 Å². The zero-order valence-corrected chi connectivity index (χ0v) is 11.1. The molecule has 1 atom stereocenters. The Kier molecular flexibility index (Phi) is 5.36. The molecule has 0 aliphatic heterocycles. The molecule has 1 amide bonds. The van der Waals surface area contributed by atoms with Crippen LogP contribution in [0.4, 0.5) is 0 Å². The van der Waals surface area contributed by atoms with E-state index in [1.54, 1.807) is 14.2 Å². The number of carbonyl (C=O) groups excluding carboxylic acids is 1. The number of hydrogen-bond donors (Lipinski definition) is 1. The molecule has 2 N–H and O–H groups in total. The minimum absolute atomic E-state index is 0.0617. The summed E-state index contributed by atoms with van der Waals surface area (Å²) in [5, 5.41) is 0. The van der Waals surface area contributed by atoms with Crippen LogP contribution in [0, 0.1) is 5.41 Å². The molecule has 1 aliphatic rings. The van der Waals surface area contributed by atoms with E-state index >= 15 is 0 Å². The highest BCUT2D eigenvalue weighted by molar-refractivity contribution is 5.86. The molecule has 100 valence electrons. The van der Waals surface area contributed by atoms with Crippen LogP contribution in [0.15, 0.2) is 0 Å². The van der Waals surface area contributed by atoms with Crippen molar-refractivity contribution in [2.24, 2.45) is 11.1 Å². The van der Waals surface area contributed by atoms with Gasteiger partial charge in [0.25, 0.3) is 0 Å². The van der Waals surface area contributed by atoms with Gasteiger partial charge in [0.05, 0.1) is 24.7 Å². The highest BCUT2D eigenvalue weighted by atomic mass is 16.5. The molecule has 1 unspecified atom stereocenters. The number of ether oxygens (including phenoxy) is 2. The Bertz CT molecular complexity index is 254. The molecule has 0 saturated heterocycles. The van der Waals surface area contributed by atoms with Crippen LogP contribution < -0.4 is 5.73 Å². The molecule has 5 heteroatoms. The topological polar surface area (TPSA) is 64.8 Å². The van der Waals surface area contributed by atoms with Gasteiger partial charge < -0.3 is 20.1 Å².